The largest absolute Gasteiger partial charge is 0.461 e. The number of fused-ring (bicyclic) bond motifs is 1. The van der Waals surface area contributed by atoms with Gasteiger partial charge in [0.2, 0.25) is 0 Å². The number of likely N-dealkylation sites (tertiary alicyclic amines) is 1. The highest BCUT2D eigenvalue weighted by Gasteiger charge is 2.20. The van der Waals surface area contributed by atoms with Crippen LogP contribution in [0.5, 0.6) is 0 Å². The molecule has 3 aromatic rings. The third kappa shape index (κ3) is 2.55. The van der Waals surface area contributed by atoms with Crippen molar-refractivity contribution in [1.29, 1.82) is 0 Å². The molecule has 22 heavy (non-hydrogen) atoms. The second-order valence-electron chi connectivity index (χ2n) is 6.23. The Morgan fingerprint density at radius 3 is 3.05 bits per heavy atom. The highest BCUT2D eigenvalue weighted by atomic mass is 16.3. The maximum Gasteiger partial charge on any atom is 0.134 e. The molecule has 1 fully saturated rings. The van der Waals surface area contributed by atoms with Gasteiger partial charge < -0.3 is 9.32 Å². The molecule has 1 aromatic carbocycles. The molecule has 0 aliphatic carbocycles. The number of aromatic amines is 1. The third-order valence-electron chi connectivity index (χ3n) is 4.73. The lowest BCUT2D eigenvalue weighted by atomic mass is 10.1. The first-order chi connectivity index (χ1) is 10.8. The zero-order valence-corrected chi connectivity index (χ0v) is 12.9. The minimum absolute atomic E-state index is 0.720. The maximum atomic E-state index is 5.99. The Morgan fingerprint density at radius 1 is 1.32 bits per heavy atom. The predicted molar refractivity (Wildman–Crippen MR) is 87.8 cm³/mol. The lowest BCUT2D eigenvalue weighted by Crippen LogP contribution is -2.28. The van der Waals surface area contributed by atoms with E-state index in [9.17, 15) is 0 Å². The molecule has 1 atom stereocenters. The van der Waals surface area contributed by atoms with Gasteiger partial charge >= 0.3 is 0 Å². The molecule has 1 saturated heterocycles. The number of benzene rings is 1. The summed E-state index contributed by atoms with van der Waals surface area (Å²) in [5, 5.41) is 8.04. The number of aromatic nitrogens is 2. The van der Waals surface area contributed by atoms with Gasteiger partial charge in [0.15, 0.2) is 0 Å². The molecule has 4 nitrogen and oxygen atoms in total. The Bertz CT molecular complexity index is 760. The van der Waals surface area contributed by atoms with Crippen molar-refractivity contribution in [2.45, 2.75) is 32.2 Å². The Labute approximate surface area is 130 Å². The maximum absolute atomic E-state index is 5.99. The number of nitrogens with one attached hydrogen (secondary N) is 1. The van der Waals surface area contributed by atoms with Crippen LogP contribution in [0.25, 0.3) is 22.1 Å². The van der Waals surface area contributed by atoms with Crippen molar-refractivity contribution in [2.24, 2.45) is 0 Å². The molecule has 2 aromatic heterocycles. The zero-order valence-electron chi connectivity index (χ0n) is 12.9. The van der Waals surface area contributed by atoms with Gasteiger partial charge in [0.25, 0.3) is 0 Å². The summed E-state index contributed by atoms with van der Waals surface area (Å²) in [5.41, 5.74) is 3.24. The van der Waals surface area contributed by atoms with E-state index >= 15 is 0 Å². The number of hydrogen-bond donors (Lipinski definition) is 1. The molecule has 4 rings (SSSR count). The lowest BCUT2D eigenvalue weighted by Gasteiger charge is -2.19. The number of furan rings is 1. The Kier molecular flexibility index (Phi) is 3.47. The molecule has 1 aliphatic heterocycles. The van der Waals surface area contributed by atoms with E-state index in [0.29, 0.717) is 0 Å². The van der Waals surface area contributed by atoms with Crippen LogP contribution in [-0.2, 0) is 6.42 Å². The third-order valence-corrected chi connectivity index (χ3v) is 4.73. The van der Waals surface area contributed by atoms with Crippen molar-refractivity contribution in [2.75, 3.05) is 13.1 Å². The van der Waals surface area contributed by atoms with Gasteiger partial charge in [0, 0.05) is 36.2 Å². The lowest BCUT2D eigenvalue weighted by molar-refractivity contribution is 0.266. The van der Waals surface area contributed by atoms with E-state index in [0.717, 1.165) is 35.9 Å². The van der Waals surface area contributed by atoms with Crippen LogP contribution in [0.3, 0.4) is 0 Å². The molecule has 1 N–H and O–H groups in total. The summed E-state index contributed by atoms with van der Waals surface area (Å²) in [6.07, 6.45) is 7.40. The molecule has 114 valence electrons. The van der Waals surface area contributed by atoms with E-state index in [1.165, 1.54) is 30.3 Å². The molecule has 0 bridgehead atoms. The van der Waals surface area contributed by atoms with Crippen LogP contribution in [0.1, 0.15) is 25.5 Å². The molecular weight excluding hydrogens is 274 g/mol. The molecular formula is C18H21N3O. The minimum atomic E-state index is 0.720. The van der Waals surface area contributed by atoms with Crippen LogP contribution >= 0.6 is 0 Å². The van der Waals surface area contributed by atoms with Crippen molar-refractivity contribution >= 4 is 11.0 Å². The first kappa shape index (κ1) is 13.6. The Balaban J connectivity index is 1.53. The second kappa shape index (κ2) is 5.61. The number of hydrogen-bond acceptors (Lipinski definition) is 3. The highest BCUT2D eigenvalue weighted by molar-refractivity contribution is 5.83. The van der Waals surface area contributed by atoms with E-state index in [2.05, 4.69) is 46.3 Å². The van der Waals surface area contributed by atoms with Crippen molar-refractivity contribution in [3.05, 3.63) is 42.4 Å². The predicted octanol–water partition coefficient (Wildman–Crippen LogP) is 3.85. The smallest absolute Gasteiger partial charge is 0.134 e. The monoisotopic (exact) mass is 295 g/mol. The van der Waals surface area contributed by atoms with Gasteiger partial charge in [-0.15, -0.1) is 0 Å². The summed E-state index contributed by atoms with van der Waals surface area (Å²) in [5.74, 6) is 1.08. The molecule has 1 aliphatic rings. The average molecular weight is 295 g/mol. The summed E-state index contributed by atoms with van der Waals surface area (Å²) in [4.78, 5) is 2.56. The van der Waals surface area contributed by atoms with E-state index in [1.807, 2.05) is 12.4 Å². The fourth-order valence-corrected chi connectivity index (χ4v) is 3.39. The number of H-pyrrole nitrogens is 1. The summed E-state index contributed by atoms with van der Waals surface area (Å²) in [6.45, 7) is 4.64. The van der Waals surface area contributed by atoms with Gasteiger partial charge in [-0.2, -0.15) is 5.10 Å². The highest BCUT2D eigenvalue weighted by Crippen LogP contribution is 2.27. The topological polar surface area (TPSA) is 45.1 Å². The SMILES string of the molecule is CC1CCCN1CCc1cc2cc(-c3cn[nH]c3)ccc2o1. The van der Waals surface area contributed by atoms with Crippen LogP contribution in [0.15, 0.2) is 41.1 Å². The Morgan fingerprint density at radius 2 is 2.27 bits per heavy atom. The van der Waals surface area contributed by atoms with E-state index in [4.69, 9.17) is 4.42 Å². The van der Waals surface area contributed by atoms with Crippen LogP contribution < -0.4 is 0 Å². The average Bonchev–Trinajstić information content (AvgIpc) is 3.25. The fraction of sp³-hybridized carbons (Fsp3) is 0.389. The molecule has 4 heteroatoms. The van der Waals surface area contributed by atoms with Gasteiger partial charge in [-0.05, 0) is 50.1 Å². The van der Waals surface area contributed by atoms with Crippen molar-refractivity contribution < 1.29 is 4.42 Å². The summed E-state index contributed by atoms with van der Waals surface area (Å²) < 4.78 is 5.99. The van der Waals surface area contributed by atoms with Gasteiger partial charge in [-0.1, -0.05) is 6.07 Å². The van der Waals surface area contributed by atoms with Crippen molar-refractivity contribution in [3.63, 3.8) is 0 Å². The summed E-state index contributed by atoms with van der Waals surface area (Å²) in [6, 6.07) is 9.21. The number of rotatable bonds is 4. The second-order valence-corrected chi connectivity index (χ2v) is 6.23. The van der Waals surface area contributed by atoms with Crippen LogP contribution in [0, 0.1) is 0 Å². The standard InChI is InChI=1S/C18H21N3O/c1-13-3-2-7-21(13)8-6-17-10-15-9-14(4-5-18(15)22-17)16-11-19-20-12-16/h4-5,9-13H,2-3,6-8H2,1H3,(H,19,20). The Hall–Kier alpha value is -2.07. The van der Waals surface area contributed by atoms with Crippen LogP contribution in [0.4, 0.5) is 0 Å². The number of nitrogens with zero attached hydrogens (tertiary/aromatic N) is 2. The molecule has 0 amide bonds. The molecule has 0 radical (unpaired) electrons. The van der Waals surface area contributed by atoms with Crippen LogP contribution in [-0.4, -0.2) is 34.2 Å². The van der Waals surface area contributed by atoms with Crippen molar-refractivity contribution in [1.82, 2.24) is 15.1 Å². The first-order valence-corrected chi connectivity index (χ1v) is 8.05. The molecule has 0 saturated carbocycles. The fourth-order valence-electron chi connectivity index (χ4n) is 3.39. The first-order valence-electron chi connectivity index (χ1n) is 8.05. The normalized spacial score (nSPS) is 19.2. The van der Waals surface area contributed by atoms with Crippen LogP contribution in [0.2, 0.25) is 0 Å². The van der Waals surface area contributed by atoms with E-state index in [1.54, 1.807) is 0 Å². The molecule has 1 unspecified atom stereocenters. The summed E-state index contributed by atoms with van der Waals surface area (Å²) in [7, 11) is 0. The van der Waals surface area contributed by atoms with Gasteiger partial charge in [0.05, 0.1) is 6.20 Å². The van der Waals surface area contributed by atoms with E-state index in [-0.39, 0.29) is 0 Å². The quantitative estimate of drug-likeness (QED) is 0.795. The molecule has 0 spiro atoms. The summed E-state index contributed by atoms with van der Waals surface area (Å²) >= 11 is 0. The van der Waals surface area contributed by atoms with E-state index < -0.39 is 0 Å². The van der Waals surface area contributed by atoms with Crippen molar-refractivity contribution in [3.8, 4) is 11.1 Å². The van der Waals surface area contributed by atoms with Gasteiger partial charge in [-0.3, -0.25) is 5.10 Å². The zero-order chi connectivity index (χ0) is 14.9. The van der Waals surface area contributed by atoms with Gasteiger partial charge in [-0.25, -0.2) is 0 Å². The molecule has 3 heterocycles. The minimum Gasteiger partial charge on any atom is -0.461 e. The van der Waals surface area contributed by atoms with Gasteiger partial charge in [0.1, 0.15) is 11.3 Å².